The van der Waals surface area contributed by atoms with E-state index >= 15 is 0 Å². The quantitative estimate of drug-likeness (QED) is 0.447. The number of methoxy groups -OCH3 is 1. The highest BCUT2D eigenvalue weighted by Crippen LogP contribution is 2.20. The number of hydrogen-bond acceptors (Lipinski definition) is 4. The summed E-state index contributed by atoms with van der Waals surface area (Å²) in [6.07, 6.45) is 3.76. The van der Waals surface area contributed by atoms with E-state index in [-0.39, 0.29) is 11.9 Å². The average Bonchev–Trinajstić information content (AvgIpc) is 3.04. The van der Waals surface area contributed by atoms with Crippen molar-refractivity contribution in [2.75, 3.05) is 7.11 Å². The number of nitrogens with zero attached hydrogens (tertiary/aromatic N) is 2. The minimum Gasteiger partial charge on any atom is -0.465 e. The summed E-state index contributed by atoms with van der Waals surface area (Å²) in [7, 11) is 1.35. The summed E-state index contributed by atoms with van der Waals surface area (Å²) in [5, 5.41) is 0. The van der Waals surface area contributed by atoms with Gasteiger partial charge in [-0.2, -0.15) is 4.99 Å². The van der Waals surface area contributed by atoms with E-state index in [1.54, 1.807) is 18.2 Å². The molecule has 6 heteroatoms. The van der Waals surface area contributed by atoms with Gasteiger partial charge in [0.05, 0.1) is 22.9 Å². The third kappa shape index (κ3) is 4.64. The highest BCUT2D eigenvalue weighted by molar-refractivity contribution is 7.16. The summed E-state index contributed by atoms with van der Waals surface area (Å²) in [5.74, 6) is -0.533. The van der Waals surface area contributed by atoms with Crippen molar-refractivity contribution in [1.82, 2.24) is 4.57 Å². The molecule has 0 N–H and O–H groups in total. The van der Waals surface area contributed by atoms with Gasteiger partial charge in [-0.25, -0.2) is 4.79 Å². The van der Waals surface area contributed by atoms with Crippen LogP contribution in [-0.4, -0.2) is 23.6 Å². The lowest BCUT2D eigenvalue weighted by atomic mass is 10.1. The van der Waals surface area contributed by atoms with Gasteiger partial charge in [0.2, 0.25) is 5.91 Å². The second-order valence-electron chi connectivity index (χ2n) is 6.30. The summed E-state index contributed by atoms with van der Waals surface area (Å²) < 4.78 is 7.59. The topological polar surface area (TPSA) is 60.7 Å². The molecule has 0 unspecified atom stereocenters. The van der Waals surface area contributed by atoms with E-state index in [0.29, 0.717) is 23.3 Å². The summed E-state index contributed by atoms with van der Waals surface area (Å²) in [4.78, 5) is 29.1. The molecule has 5 nitrogen and oxygen atoms in total. The molecule has 0 saturated carbocycles. The van der Waals surface area contributed by atoms with Gasteiger partial charge in [-0.3, -0.25) is 4.79 Å². The summed E-state index contributed by atoms with van der Waals surface area (Å²) in [6, 6.07) is 15.4. The molecule has 0 fully saturated rings. The molecule has 0 atom stereocenters. The second-order valence-corrected chi connectivity index (χ2v) is 7.31. The molecule has 3 rings (SSSR count). The van der Waals surface area contributed by atoms with Gasteiger partial charge in [-0.15, -0.1) is 6.58 Å². The molecule has 0 aliphatic heterocycles. The van der Waals surface area contributed by atoms with E-state index in [4.69, 9.17) is 4.74 Å². The Morgan fingerprint density at radius 2 is 2.00 bits per heavy atom. The largest absolute Gasteiger partial charge is 0.465 e. The van der Waals surface area contributed by atoms with Crippen LogP contribution in [0.1, 0.15) is 28.8 Å². The number of benzene rings is 2. The van der Waals surface area contributed by atoms with Gasteiger partial charge in [0.1, 0.15) is 0 Å². The van der Waals surface area contributed by atoms with E-state index in [0.717, 1.165) is 23.1 Å². The number of fused-ring (bicyclic) bond motifs is 1. The smallest absolute Gasteiger partial charge is 0.337 e. The third-order valence-corrected chi connectivity index (χ3v) is 5.38. The predicted molar refractivity (Wildman–Crippen MR) is 111 cm³/mol. The molecule has 3 aromatic rings. The first-order valence-corrected chi connectivity index (χ1v) is 9.88. The number of amides is 1. The van der Waals surface area contributed by atoms with Crippen LogP contribution in [-0.2, 0) is 22.5 Å². The SMILES string of the molecule is C=CCn1c(=NC(=O)CCCc2ccccc2)sc2cc(C(=O)OC)ccc21. The number of hydrogen-bond donors (Lipinski definition) is 0. The van der Waals surface area contributed by atoms with Gasteiger partial charge in [-0.05, 0) is 36.6 Å². The second kappa shape index (κ2) is 9.28. The van der Waals surface area contributed by atoms with Crippen molar-refractivity contribution in [3.8, 4) is 0 Å². The minimum absolute atomic E-state index is 0.145. The van der Waals surface area contributed by atoms with Crippen LogP contribution in [0.5, 0.6) is 0 Å². The van der Waals surface area contributed by atoms with E-state index in [1.807, 2.05) is 28.8 Å². The Balaban J connectivity index is 1.83. The first kappa shape index (κ1) is 19.8. The molecule has 1 amide bonds. The normalized spacial score (nSPS) is 11.5. The van der Waals surface area contributed by atoms with Crippen molar-refractivity contribution >= 4 is 33.4 Å². The van der Waals surface area contributed by atoms with Crippen molar-refractivity contribution < 1.29 is 14.3 Å². The average molecular weight is 394 g/mol. The fourth-order valence-corrected chi connectivity index (χ4v) is 4.06. The van der Waals surface area contributed by atoms with E-state index in [2.05, 4.69) is 23.7 Å². The highest BCUT2D eigenvalue weighted by Gasteiger charge is 2.11. The molecule has 1 aromatic heterocycles. The molecule has 0 aliphatic carbocycles. The van der Waals surface area contributed by atoms with E-state index in [9.17, 15) is 9.59 Å². The van der Waals surface area contributed by atoms with Crippen LogP contribution in [0.25, 0.3) is 10.2 Å². The number of aromatic nitrogens is 1. The van der Waals surface area contributed by atoms with Gasteiger partial charge in [-0.1, -0.05) is 47.7 Å². The van der Waals surface area contributed by atoms with Crippen LogP contribution < -0.4 is 4.80 Å². The van der Waals surface area contributed by atoms with Crippen LogP contribution in [0.4, 0.5) is 0 Å². The van der Waals surface area contributed by atoms with Gasteiger partial charge in [0, 0.05) is 13.0 Å². The summed E-state index contributed by atoms with van der Waals surface area (Å²) in [5.41, 5.74) is 2.60. The molecule has 28 heavy (non-hydrogen) atoms. The lowest BCUT2D eigenvalue weighted by Crippen LogP contribution is -2.16. The lowest BCUT2D eigenvalue weighted by Gasteiger charge is -2.02. The Bertz CT molecular complexity index is 1060. The van der Waals surface area contributed by atoms with Crippen molar-refractivity contribution in [1.29, 1.82) is 0 Å². The number of ether oxygens (including phenoxy) is 1. The minimum atomic E-state index is -0.388. The van der Waals surface area contributed by atoms with Crippen LogP contribution in [0.3, 0.4) is 0 Å². The number of esters is 1. The third-order valence-electron chi connectivity index (χ3n) is 4.33. The maximum atomic E-state index is 12.4. The van der Waals surface area contributed by atoms with Crippen LogP contribution >= 0.6 is 11.3 Å². The molecule has 0 spiro atoms. The first-order valence-electron chi connectivity index (χ1n) is 9.06. The number of rotatable bonds is 7. The Hall–Kier alpha value is -2.99. The summed E-state index contributed by atoms with van der Waals surface area (Å²) in [6.45, 7) is 4.32. The molecule has 0 aliphatic rings. The first-order chi connectivity index (χ1) is 13.6. The van der Waals surface area contributed by atoms with Crippen molar-refractivity contribution in [2.45, 2.75) is 25.8 Å². The zero-order chi connectivity index (χ0) is 19.9. The molecular weight excluding hydrogens is 372 g/mol. The molecule has 0 radical (unpaired) electrons. The van der Waals surface area contributed by atoms with Crippen molar-refractivity contribution in [3.63, 3.8) is 0 Å². The standard InChI is InChI=1S/C22H22N2O3S/c1-3-14-24-18-13-12-17(21(26)27-2)15-19(18)28-22(24)23-20(25)11-7-10-16-8-5-4-6-9-16/h3-6,8-9,12-13,15H,1,7,10-11,14H2,2H3. The zero-order valence-electron chi connectivity index (χ0n) is 15.8. The summed E-state index contributed by atoms with van der Waals surface area (Å²) >= 11 is 1.38. The van der Waals surface area contributed by atoms with E-state index < -0.39 is 0 Å². The Kier molecular flexibility index (Phi) is 6.55. The Morgan fingerprint density at radius 3 is 2.71 bits per heavy atom. The van der Waals surface area contributed by atoms with Gasteiger partial charge < -0.3 is 9.30 Å². The van der Waals surface area contributed by atoms with Crippen molar-refractivity contribution in [3.05, 3.63) is 77.1 Å². The lowest BCUT2D eigenvalue weighted by molar-refractivity contribution is -0.118. The van der Waals surface area contributed by atoms with Crippen LogP contribution in [0.15, 0.2) is 66.2 Å². The number of allylic oxidation sites excluding steroid dienone is 1. The number of carbonyl (C=O) groups excluding carboxylic acids is 2. The predicted octanol–water partition coefficient (Wildman–Crippen LogP) is 4.13. The van der Waals surface area contributed by atoms with Gasteiger partial charge in [0.15, 0.2) is 4.80 Å². The van der Waals surface area contributed by atoms with E-state index in [1.165, 1.54) is 24.0 Å². The molecule has 2 aromatic carbocycles. The van der Waals surface area contributed by atoms with Gasteiger partial charge in [0.25, 0.3) is 0 Å². The Morgan fingerprint density at radius 1 is 1.21 bits per heavy atom. The number of carbonyl (C=O) groups is 2. The Labute approximate surface area is 167 Å². The number of thiazole rings is 1. The fraction of sp³-hybridized carbons (Fsp3) is 0.227. The van der Waals surface area contributed by atoms with Gasteiger partial charge >= 0.3 is 5.97 Å². The maximum Gasteiger partial charge on any atom is 0.337 e. The molecular formula is C22H22N2O3S. The fourth-order valence-electron chi connectivity index (χ4n) is 2.96. The molecule has 0 bridgehead atoms. The van der Waals surface area contributed by atoms with Crippen molar-refractivity contribution in [2.24, 2.45) is 4.99 Å². The number of aryl methyl sites for hydroxylation is 1. The molecule has 0 saturated heterocycles. The van der Waals surface area contributed by atoms with Crippen LogP contribution in [0.2, 0.25) is 0 Å². The highest BCUT2D eigenvalue weighted by atomic mass is 32.1. The molecule has 144 valence electrons. The zero-order valence-corrected chi connectivity index (χ0v) is 16.6. The molecule has 1 heterocycles. The maximum absolute atomic E-state index is 12.4. The van der Waals surface area contributed by atoms with Crippen LogP contribution in [0, 0.1) is 0 Å². The monoisotopic (exact) mass is 394 g/mol.